The van der Waals surface area contributed by atoms with Crippen LogP contribution in [0.15, 0.2) is 9.98 Å². The number of nitrogens with zero attached hydrogens (tertiary/aromatic N) is 4. The van der Waals surface area contributed by atoms with Crippen molar-refractivity contribution >= 4 is 23.6 Å². The molecule has 23 heavy (non-hydrogen) atoms. The van der Waals surface area contributed by atoms with Crippen LogP contribution < -0.4 is 5.73 Å². The predicted molar refractivity (Wildman–Crippen MR) is 86.1 cm³/mol. The van der Waals surface area contributed by atoms with Gasteiger partial charge in [-0.25, -0.2) is 14.8 Å². The Hall–Kier alpha value is -1.92. The van der Waals surface area contributed by atoms with E-state index in [1.54, 1.807) is 11.8 Å². The van der Waals surface area contributed by atoms with Gasteiger partial charge in [-0.1, -0.05) is 25.7 Å². The first-order valence-corrected chi connectivity index (χ1v) is 8.64. The molecule has 4 aliphatic rings. The van der Waals surface area contributed by atoms with Gasteiger partial charge in [0.1, 0.15) is 0 Å². The van der Waals surface area contributed by atoms with Gasteiger partial charge in [0.2, 0.25) is 5.96 Å². The number of amides is 3. The minimum atomic E-state index is -1.03. The summed E-state index contributed by atoms with van der Waals surface area (Å²) >= 11 is 0. The van der Waals surface area contributed by atoms with Gasteiger partial charge in [-0.05, 0) is 32.6 Å². The van der Waals surface area contributed by atoms with E-state index in [0.29, 0.717) is 5.71 Å². The molecule has 2 N–H and O–H groups in total. The van der Waals surface area contributed by atoms with Gasteiger partial charge in [-0.15, -0.1) is 0 Å². The van der Waals surface area contributed by atoms with E-state index in [0.717, 1.165) is 51.4 Å². The van der Waals surface area contributed by atoms with Crippen molar-refractivity contribution in [3.05, 3.63) is 0 Å². The van der Waals surface area contributed by atoms with E-state index in [1.807, 2.05) is 0 Å². The van der Waals surface area contributed by atoms with E-state index >= 15 is 0 Å². The number of rotatable bonds is 2. The molecule has 0 radical (unpaired) electrons. The van der Waals surface area contributed by atoms with E-state index in [1.165, 1.54) is 4.90 Å². The van der Waals surface area contributed by atoms with Gasteiger partial charge in [-0.2, -0.15) is 0 Å². The number of aliphatic imine (C=N–C) groups is 2. The summed E-state index contributed by atoms with van der Waals surface area (Å²) in [7, 11) is 0. The van der Waals surface area contributed by atoms with Crippen LogP contribution in [-0.2, 0) is 4.79 Å². The zero-order valence-corrected chi connectivity index (χ0v) is 13.5. The van der Waals surface area contributed by atoms with Crippen LogP contribution in [0.3, 0.4) is 0 Å². The highest BCUT2D eigenvalue weighted by Gasteiger charge is 2.58. The zero-order valence-electron chi connectivity index (χ0n) is 13.5. The first kappa shape index (κ1) is 14.7. The molecule has 0 aromatic heterocycles. The summed E-state index contributed by atoms with van der Waals surface area (Å²) < 4.78 is 0. The van der Waals surface area contributed by atoms with E-state index < -0.39 is 5.66 Å². The van der Waals surface area contributed by atoms with Crippen LogP contribution >= 0.6 is 0 Å². The first-order valence-electron chi connectivity index (χ1n) is 8.64. The molecule has 1 saturated heterocycles. The fourth-order valence-corrected chi connectivity index (χ4v) is 4.60. The lowest BCUT2D eigenvalue weighted by Gasteiger charge is -2.48. The van der Waals surface area contributed by atoms with Crippen LogP contribution in [0.25, 0.3) is 0 Å². The minimum Gasteiger partial charge on any atom is -0.368 e. The highest BCUT2D eigenvalue weighted by Crippen LogP contribution is 2.39. The van der Waals surface area contributed by atoms with E-state index in [2.05, 4.69) is 9.98 Å². The van der Waals surface area contributed by atoms with Crippen LogP contribution in [0.5, 0.6) is 0 Å². The highest BCUT2D eigenvalue weighted by atomic mass is 16.2. The summed E-state index contributed by atoms with van der Waals surface area (Å²) in [5, 5.41) is 0. The van der Waals surface area contributed by atoms with Crippen LogP contribution in [0.1, 0.15) is 58.3 Å². The van der Waals surface area contributed by atoms with Gasteiger partial charge in [0.25, 0.3) is 5.91 Å². The van der Waals surface area contributed by atoms with Gasteiger partial charge in [0.05, 0.1) is 0 Å². The number of hydrogen-bond donors (Lipinski definition) is 1. The quantitative estimate of drug-likeness (QED) is 0.839. The fourth-order valence-electron chi connectivity index (χ4n) is 4.60. The van der Waals surface area contributed by atoms with Gasteiger partial charge in [-0.3, -0.25) is 14.6 Å². The van der Waals surface area contributed by atoms with Gasteiger partial charge in [0, 0.05) is 12.1 Å². The third-order valence-corrected chi connectivity index (χ3v) is 5.69. The lowest BCUT2D eigenvalue weighted by Crippen LogP contribution is -2.70. The Balaban J connectivity index is 1.77. The van der Waals surface area contributed by atoms with Crippen molar-refractivity contribution in [2.24, 2.45) is 15.7 Å². The minimum absolute atomic E-state index is 0.00650. The lowest BCUT2D eigenvalue weighted by atomic mass is 9.96. The molecule has 2 heterocycles. The van der Waals surface area contributed by atoms with Crippen molar-refractivity contribution in [3.8, 4) is 0 Å². The molecular formula is C16H23N5O2. The van der Waals surface area contributed by atoms with Crippen molar-refractivity contribution < 1.29 is 9.59 Å². The summed E-state index contributed by atoms with van der Waals surface area (Å²) in [6.45, 7) is 1.80. The maximum Gasteiger partial charge on any atom is 0.329 e. The molecule has 0 bridgehead atoms. The molecule has 3 fully saturated rings. The molecule has 0 aromatic carbocycles. The molecule has 2 aliphatic carbocycles. The predicted octanol–water partition coefficient (Wildman–Crippen LogP) is 1.62. The monoisotopic (exact) mass is 317 g/mol. The van der Waals surface area contributed by atoms with E-state index in [-0.39, 0.29) is 30.0 Å². The lowest BCUT2D eigenvalue weighted by molar-refractivity contribution is -0.126. The normalized spacial score (nSPS) is 32.6. The molecule has 1 unspecified atom stereocenters. The van der Waals surface area contributed by atoms with Gasteiger partial charge >= 0.3 is 6.03 Å². The second kappa shape index (κ2) is 5.04. The average molecular weight is 317 g/mol. The molecular weight excluding hydrogens is 294 g/mol. The number of urea groups is 1. The summed E-state index contributed by atoms with van der Waals surface area (Å²) in [5.41, 5.74) is 5.09. The molecule has 1 atom stereocenters. The van der Waals surface area contributed by atoms with E-state index in [4.69, 9.17) is 5.73 Å². The summed E-state index contributed by atoms with van der Waals surface area (Å²) in [6.07, 6.45) is 8.02. The molecule has 7 nitrogen and oxygen atoms in total. The Kier molecular flexibility index (Phi) is 3.21. The second-order valence-electron chi connectivity index (χ2n) is 7.16. The molecule has 124 valence electrons. The second-order valence-corrected chi connectivity index (χ2v) is 7.16. The van der Waals surface area contributed by atoms with Crippen molar-refractivity contribution in [1.82, 2.24) is 9.80 Å². The van der Waals surface area contributed by atoms with Crippen molar-refractivity contribution in [2.45, 2.75) is 76.0 Å². The van der Waals surface area contributed by atoms with Crippen LogP contribution in [0.4, 0.5) is 4.79 Å². The smallest absolute Gasteiger partial charge is 0.329 e. The van der Waals surface area contributed by atoms with Crippen molar-refractivity contribution in [1.29, 1.82) is 0 Å². The molecule has 0 spiro atoms. The molecule has 0 aromatic rings. The number of hydrogen-bond acceptors (Lipinski definition) is 5. The van der Waals surface area contributed by atoms with Crippen molar-refractivity contribution in [3.63, 3.8) is 0 Å². The number of guanidine groups is 1. The standard InChI is InChI=1S/C16H23N5O2/c1-16-12(18-14(17)19-16)13(22)20(10-6-2-3-7-10)15(23)21(16)11-8-4-5-9-11/h10-11H,2-9H2,1H3,(H2,17,19). The number of carbonyl (C=O) groups is 2. The van der Waals surface area contributed by atoms with Crippen LogP contribution in [-0.4, -0.2) is 51.2 Å². The SMILES string of the molecule is CC12N=C(N)N=C1C(=O)N(C1CCCC1)C(=O)N2C1CCCC1. The molecule has 2 aliphatic heterocycles. The fraction of sp³-hybridized carbons (Fsp3) is 0.750. The Bertz CT molecular complexity index is 616. The topological polar surface area (TPSA) is 91.4 Å². The Morgan fingerprint density at radius 2 is 1.61 bits per heavy atom. The third-order valence-electron chi connectivity index (χ3n) is 5.69. The average Bonchev–Trinajstić information content (AvgIpc) is 3.20. The maximum atomic E-state index is 13.2. The first-order chi connectivity index (χ1) is 11.0. The largest absolute Gasteiger partial charge is 0.368 e. The third kappa shape index (κ3) is 2.01. The molecule has 3 amide bonds. The zero-order chi connectivity index (χ0) is 16.2. The Morgan fingerprint density at radius 1 is 1.04 bits per heavy atom. The van der Waals surface area contributed by atoms with Gasteiger partial charge < -0.3 is 5.73 Å². The van der Waals surface area contributed by atoms with Crippen molar-refractivity contribution in [2.75, 3.05) is 0 Å². The summed E-state index contributed by atoms with van der Waals surface area (Å²) in [6, 6.07) is -0.0916. The Morgan fingerprint density at radius 3 is 2.22 bits per heavy atom. The molecule has 7 heteroatoms. The van der Waals surface area contributed by atoms with E-state index in [9.17, 15) is 9.59 Å². The maximum absolute atomic E-state index is 13.2. The van der Waals surface area contributed by atoms with Crippen LogP contribution in [0.2, 0.25) is 0 Å². The number of carbonyl (C=O) groups excluding carboxylic acids is 2. The Labute approximate surface area is 135 Å². The van der Waals surface area contributed by atoms with Gasteiger partial charge in [0.15, 0.2) is 11.4 Å². The molecule has 2 saturated carbocycles. The number of fused-ring (bicyclic) bond motifs is 1. The summed E-state index contributed by atoms with van der Waals surface area (Å²) in [4.78, 5) is 38.0. The number of imide groups is 1. The van der Waals surface area contributed by atoms with Crippen LogP contribution in [0, 0.1) is 0 Å². The molecule has 4 rings (SSSR count). The number of nitrogens with two attached hydrogens (primary N) is 1. The highest BCUT2D eigenvalue weighted by molar-refractivity contribution is 6.48. The summed E-state index contributed by atoms with van der Waals surface area (Å²) in [5.74, 6) is -0.206.